The second-order valence-electron chi connectivity index (χ2n) is 2.68. The molecule has 0 amide bonds. The van der Waals surface area contributed by atoms with E-state index in [9.17, 15) is 0 Å². The van der Waals surface area contributed by atoms with E-state index in [4.69, 9.17) is 10.5 Å². The minimum absolute atomic E-state index is 0.668. The minimum atomic E-state index is 0.668. The fraction of sp³-hybridized carbons (Fsp3) is 0.600. The van der Waals surface area contributed by atoms with Crippen molar-refractivity contribution in [2.45, 2.75) is 39.5 Å². The third-order valence-corrected chi connectivity index (χ3v) is 1.63. The van der Waals surface area contributed by atoms with Gasteiger partial charge in [0.1, 0.15) is 0 Å². The monoisotopic (exact) mass is 162 g/mol. The summed E-state index contributed by atoms with van der Waals surface area (Å²) in [5.74, 6) is 0. The van der Waals surface area contributed by atoms with Gasteiger partial charge < -0.3 is 0 Å². The van der Waals surface area contributed by atoms with E-state index in [1.807, 2.05) is 13.8 Å². The van der Waals surface area contributed by atoms with Crippen LogP contribution in [0.1, 0.15) is 39.5 Å². The molecule has 64 valence electrons. The highest BCUT2D eigenvalue weighted by Crippen LogP contribution is 2.14. The van der Waals surface area contributed by atoms with E-state index in [0.29, 0.717) is 11.1 Å². The topological polar surface area (TPSA) is 47.6 Å². The second kappa shape index (κ2) is 6.43. The molecule has 0 aliphatic carbocycles. The molecule has 0 heterocycles. The van der Waals surface area contributed by atoms with Crippen LogP contribution in [0.5, 0.6) is 0 Å². The summed E-state index contributed by atoms with van der Waals surface area (Å²) in [5, 5.41) is 17.5. The average molecular weight is 162 g/mol. The first-order valence-corrected chi connectivity index (χ1v) is 4.32. The fourth-order valence-electron chi connectivity index (χ4n) is 1.05. The molecule has 0 saturated carbocycles. The van der Waals surface area contributed by atoms with Crippen LogP contribution in [0, 0.1) is 22.7 Å². The smallest absolute Gasteiger partial charge is 0.0957 e. The third-order valence-electron chi connectivity index (χ3n) is 1.63. The number of hydrogen-bond acceptors (Lipinski definition) is 2. The number of rotatable bonds is 4. The van der Waals surface area contributed by atoms with Gasteiger partial charge in [-0.25, -0.2) is 0 Å². The quantitative estimate of drug-likeness (QED) is 0.596. The van der Waals surface area contributed by atoms with Gasteiger partial charge in [0, 0.05) is 11.1 Å². The van der Waals surface area contributed by atoms with Gasteiger partial charge in [-0.05, 0) is 12.8 Å². The van der Waals surface area contributed by atoms with Crippen LogP contribution in [-0.4, -0.2) is 0 Å². The van der Waals surface area contributed by atoms with E-state index in [2.05, 4.69) is 12.1 Å². The van der Waals surface area contributed by atoms with Crippen molar-refractivity contribution in [3.63, 3.8) is 0 Å². The van der Waals surface area contributed by atoms with Gasteiger partial charge in [-0.15, -0.1) is 0 Å². The number of nitrogens with zero attached hydrogens (tertiary/aromatic N) is 2. The molecule has 0 aliphatic rings. The zero-order chi connectivity index (χ0) is 9.40. The Bertz CT molecular complexity index is 212. The predicted octanol–water partition coefficient (Wildman–Crippen LogP) is 2.93. The molecule has 0 radical (unpaired) electrons. The Morgan fingerprint density at radius 3 is 1.42 bits per heavy atom. The first kappa shape index (κ1) is 10.7. The molecule has 0 N–H and O–H groups in total. The highest BCUT2D eigenvalue weighted by atomic mass is 14.3. The van der Waals surface area contributed by atoms with E-state index < -0.39 is 0 Å². The number of nitriles is 2. The van der Waals surface area contributed by atoms with E-state index in [1.165, 1.54) is 0 Å². The summed E-state index contributed by atoms with van der Waals surface area (Å²) >= 11 is 0. The molecule has 0 fully saturated rings. The van der Waals surface area contributed by atoms with Crippen LogP contribution in [0.3, 0.4) is 0 Å². The average Bonchev–Trinajstić information content (AvgIpc) is 2.11. The Hall–Kier alpha value is -1.28. The lowest BCUT2D eigenvalue weighted by atomic mass is 10.0. The number of allylic oxidation sites excluding steroid dienone is 2. The summed E-state index contributed by atoms with van der Waals surface area (Å²) in [4.78, 5) is 0. The molecule has 0 bridgehead atoms. The molecular weight excluding hydrogens is 148 g/mol. The van der Waals surface area contributed by atoms with Gasteiger partial charge in [0.25, 0.3) is 0 Å². The predicted molar refractivity (Wildman–Crippen MR) is 48.1 cm³/mol. The molecule has 0 spiro atoms. The van der Waals surface area contributed by atoms with Gasteiger partial charge in [0.05, 0.1) is 12.1 Å². The lowest BCUT2D eigenvalue weighted by molar-refractivity contribution is 0.874. The fourth-order valence-corrected chi connectivity index (χ4v) is 1.05. The van der Waals surface area contributed by atoms with Crippen molar-refractivity contribution >= 4 is 0 Å². The lowest BCUT2D eigenvalue weighted by Gasteiger charge is -1.98. The van der Waals surface area contributed by atoms with Crippen molar-refractivity contribution in [2.24, 2.45) is 0 Å². The standard InChI is InChI=1S/C10H14N2/c1-3-5-9(7-11)10(8-12)6-4-2/h3-6H2,1-2H3. The molecule has 0 aromatic carbocycles. The Kier molecular flexibility index (Phi) is 5.75. The minimum Gasteiger partial charge on any atom is -0.193 e. The van der Waals surface area contributed by atoms with Gasteiger partial charge >= 0.3 is 0 Å². The van der Waals surface area contributed by atoms with Crippen LogP contribution < -0.4 is 0 Å². The SMILES string of the molecule is CCCC(C#N)=C(C#N)CCC. The summed E-state index contributed by atoms with van der Waals surface area (Å²) in [6.45, 7) is 4.02. The van der Waals surface area contributed by atoms with Crippen molar-refractivity contribution in [2.75, 3.05) is 0 Å². The third kappa shape index (κ3) is 3.21. The molecule has 0 aromatic rings. The highest BCUT2D eigenvalue weighted by molar-refractivity contribution is 5.36. The van der Waals surface area contributed by atoms with E-state index in [0.717, 1.165) is 25.7 Å². The van der Waals surface area contributed by atoms with Crippen LogP contribution in [0.25, 0.3) is 0 Å². The summed E-state index contributed by atoms with van der Waals surface area (Å²) in [5.41, 5.74) is 1.34. The Morgan fingerprint density at radius 1 is 0.917 bits per heavy atom. The zero-order valence-corrected chi connectivity index (χ0v) is 7.72. The summed E-state index contributed by atoms with van der Waals surface area (Å²) in [7, 11) is 0. The molecule has 0 atom stereocenters. The van der Waals surface area contributed by atoms with Crippen molar-refractivity contribution < 1.29 is 0 Å². The van der Waals surface area contributed by atoms with Crippen LogP contribution in [0.15, 0.2) is 11.1 Å². The van der Waals surface area contributed by atoms with Crippen LogP contribution in [-0.2, 0) is 0 Å². The van der Waals surface area contributed by atoms with Crippen molar-refractivity contribution in [1.82, 2.24) is 0 Å². The molecule has 0 unspecified atom stereocenters. The maximum absolute atomic E-state index is 8.73. The molecule has 2 nitrogen and oxygen atoms in total. The molecular formula is C10H14N2. The maximum atomic E-state index is 8.73. The van der Waals surface area contributed by atoms with Gasteiger partial charge in [-0.2, -0.15) is 10.5 Å². The Morgan fingerprint density at radius 2 is 1.25 bits per heavy atom. The van der Waals surface area contributed by atoms with Crippen molar-refractivity contribution in [1.29, 1.82) is 10.5 Å². The molecule has 0 aliphatic heterocycles. The van der Waals surface area contributed by atoms with Crippen LogP contribution in [0.4, 0.5) is 0 Å². The van der Waals surface area contributed by atoms with Crippen LogP contribution in [0.2, 0.25) is 0 Å². The highest BCUT2D eigenvalue weighted by Gasteiger charge is 2.03. The van der Waals surface area contributed by atoms with Gasteiger partial charge in [0.2, 0.25) is 0 Å². The summed E-state index contributed by atoms with van der Waals surface area (Å²) in [6, 6.07) is 4.19. The normalized spacial score (nSPS) is 11.3. The zero-order valence-electron chi connectivity index (χ0n) is 7.72. The summed E-state index contributed by atoms with van der Waals surface area (Å²) in [6.07, 6.45) is 3.33. The molecule has 0 saturated heterocycles. The second-order valence-corrected chi connectivity index (χ2v) is 2.68. The first-order chi connectivity index (χ1) is 5.79. The molecule has 12 heavy (non-hydrogen) atoms. The first-order valence-electron chi connectivity index (χ1n) is 4.32. The van der Waals surface area contributed by atoms with Gasteiger partial charge in [0.15, 0.2) is 0 Å². The van der Waals surface area contributed by atoms with Crippen molar-refractivity contribution in [3.8, 4) is 12.1 Å². The number of hydrogen-bond donors (Lipinski definition) is 0. The van der Waals surface area contributed by atoms with E-state index >= 15 is 0 Å². The van der Waals surface area contributed by atoms with Gasteiger partial charge in [-0.3, -0.25) is 0 Å². The van der Waals surface area contributed by atoms with Crippen LogP contribution >= 0.6 is 0 Å². The van der Waals surface area contributed by atoms with Gasteiger partial charge in [-0.1, -0.05) is 26.7 Å². The van der Waals surface area contributed by atoms with E-state index in [1.54, 1.807) is 0 Å². The van der Waals surface area contributed by atoms with Crippen molar-refractivity contribution in [3.05, 3.63) is 11.1 Å². The van der Waals surface area contributed by atoms with E-state index in [-0.39, 0.29) is 0 Å². The molecule has 0 aromatic heterocycles. The Balaban J connectivity index is 4.56. The largest absolute Gasteiger partial charge is 0.193 e. The molecule has 2 heteroatoms. The lowest BCUT2D eigenvalue weighted by Crippen LogP contribution is -1.87. The molecule has 0 rings (SSSR count). The summed E-state index contributed by atoms with van der Waals surface area (Å²) < 4.78 is 0. The Labute approximate surface area is 74.1 Å². The maximum Gasteiger partial charge on any atom is 0.0957 e.